The predicted octanol–water partition coefficient (Wildman–Crippen LogP) is 3.87. The second-order valence-electron chi connectivity index (χ2n) is 4.94. The van der Waals surface area contributed by atoms with Crippen molar-refractivity contribution in [3.8, 4) is 0 Å². The average Bonchev–Trinajstić information content (AvgIpc) is 3.13. The van der Waals surface area contributed by atoms with Crippen molar-refractivity contribution in [2.24, 2.45) is 0 Å². The second-order valence-corrected chi connectivity index (χ2v) is 5.38. The number of aliphatic hydroxyl groups excluding tert-OH is 1. The molecular weight excluding hydrogens is 286 g/mol. The van der Waals surface area contributed by atoms with E-state index in [2.05, 4.69) is 4.57 Å². The zero-order chi connectivity index (χ0) is 14.7. The maximum absolute atomic E-state index is 9.51. The molecule has 0 aliphatic heterocycles. The molecule has 1 aromatic carbocycles. The smallest absolute Gasteiger partial charge is 0.109 e. The third kappa shape index (κ3) is 3.20. The molecule has 2 heterocycles. The number of halogens is 1. The Labute approximate surface area is 128 Å². The molecule has 0 aliphatic carbocycles. The fourth-order valence-corrected chi connectivity index (χ4v) is 2.54. The number of aliphatic hydroxyl groups is 1. The van der Waals surface area contributed by atoms with Crippen molar-refractivity contribution in [1.82, 2.24) is 4.57 Å². The molecular formula is C17H16ClNO2. The number of hydrogen-bond donors (Lipinski definition) is 1. The monoisotopic (exact) mass is 301 g/mol. The van der Waals surface area contributed by atoms with Gasteiger partial charge in [-0.05, 0) is 42.0 Å². The molecule has 108 valence electrons. The van der Waals surface area contributed by atoms with E-state index in [0.29, 0.717) is 13.0 Å². The highest BCUT2D eigenvalue weighted by molar-refractivity contribution is 6.30. The van der Waals surface area contributed by atoms with E-state index in [1.54, 1.807) is 6.26 Å². The van der Waals surface area contributed by atoms with E-state index in [-0.39, 0.29) is 6.61 Å². The van der Waals surface area contributed by atoms with Gasteiger partial charge >= 0.3 is 0 Å². The Hall–Kier alpha value is -1.97. The molecule has 0 amide bonds. The van der Waals surface area contributed by atoms with Crippen LogP contribution >= 0.6 is 11.6 Å². The fourth-order valence-electron chi connectivity index (χ4n) is 2.42. The molecule has 21 heavy (non-hydrogen) atoms. The number of nitrogens with zero attached hydrogens (tertiary/aromatic N) is 1. The number of aromatic nitrogens is 1. The zero-order valence-corrected chi connectivity index (χ0v) is 12.3. The molecule has 0 aliphatic rings. The SMILES string of the molecule is OCc1ccc(Cc2ccco2)n1Cc1ccc(Cl)cc1. The van der Waals surface area contributed by atoms with Crippen molar-refractivity contribution < 1.29 is 9.52 Å². The van der Waals surface area contributed by atoms with Crippen LogP contribution in [0.25, 0.3) is 0 Å². The molecule has 1 N–H and O–H groups in total. The Morgan fingerprint density at radius 1 is 1.00 bits per heavy atom. The van der Waals surface area contributed by atoms with Gasteiger partial charge in [-0.3, -0.25) is 0 Å². The van der Waals surface area contributed by atoms with Crippen LogP contribution < -0.4 is 0 Å². The molecule has 2 aromatic heterocycles. The summed E-state index contributed by atoms with van der Waals surface area (Å²) in [4.78, 5) is 0. The van der Waals surface area contributed by atoms with Crippen molar-refractivity contribution in [3.05, 3.63) is 82.5 Å². The van der Waals surface area contributed by atoms with Crippen LogP contribution in [-0.2, 0) is 19.6 Å². The van der Waals surface area contributed by atoms with Crippen LogP contribution in [0.2, 0.25) is 5.02 Å². The summed E-state index contributed by atoms with van der Waals surface area (Å²) in [7, 11) is 0. The summed E-state index contributed by atoms with van der Waals surface area (Å²) >= 11 is 5.92. The molecule has 3 rings (SSSR count). The molecule has 0 unspecified atom stereocenters. The van der Waals surface area contributed by atoms with Gasteiger partial charge in [0.1, 0.15) is 5.76 Å². The van der Waals surface area contributed by atoms with Crippen LogP contribution in [0, 0.1) is 0 Å². The van der Waals surface area contributed by atoms with Gasteiger partial charge in [-0.25, -0.2) is 0 Å². The Morgan fingerprint density at radius 2 is 1.76 bits per heavy atom. The van der Waals surface area contributed by atoms with Gasteiger partial charge in [0, 0.05) is 29.4 Å². The fraction of sp³-hybridized carbons (Fsp3) is 0.176. The van der Waals surface area contributed by atoms with Gasteiger partial charge in [0.25, 0.3) is 0 Å². The van der Waals surface area contributed by atoms with Gasteiger partial charge in [-0.15, -0.1) is 0 Å². The second kappa shape index (κ2) is 6.20. The van der Waals surface area contributed by atoms with Crippen LogP contribution in [0.1, 0.15) is 22.7 Å². The highest BCUT2D eigenvalue weighted by atomic mass is 35.5. The van der Waals surface area contributed by atoms with Gasteiger partial charge in [-0.1, -0.05) is 23.7 Å². The van der Waals surface area contributed by atoms with Crippen molar-refractivity contribution in [2.45, 2.75) is 19.6 Å². The van der Waals surface area contributed by atoms with Gasteiger partial charge in [0.2, 0.25) is 0 Å². The zero-order valence-electron chi connectivity index (χ0n) is 11.5. The molecule has 0 saturated heterocycles. The average molecular weight is 302 g/mol. The number of furan rings is 1. The lowest BCUT2D eigenvalue weighted by atomic mass is 10.2. The molecule has 0 spiro atoms. The largest absolute Gasteiger partial charge is 0.469 e. The van der Waals surface area contributed by atoms with Crippen molar-refractivity contribution in [1.29, 1.82) is 0 Å². The minimum absolute atomic E-state index is 0.0196. The number of hydrogen-bond acceptors (Lipinski definition) is 2. The van der Waals surface area contributed by atoms with E-state index in [4.69, 9.17) is 16.0 Å². The van der Waals surface area contributed by atoms with Gasteiger partial charge in [0.15, 0.2) is 0 Å². The highest BCUT2D eigenvalue weighted by Gasteiger charge is 2.10. The quantitative estimate of drug-likeness (QED) is 0.777. The summed E-state index contributed by atoms with van der Waals surface area (Å²) in [6.07, 6.45) is 2.38. The first-order chi connectivity index (χ1) is 10.3. The molecule has 4 heteroatoms. The van der Waals surface area contributed by atoms with Crippen LogP contribution in [0.5, 0.6) is 0 Å². The van der Waals surface area contributed by atoms with Gasteiger partial charge in [-0.2, -0.15) is 0 Å². The van der Waals surface area contributed by atoms with E-state index in [9.17, 15) is 5.11 Å². The summed E-state index contributed by atoms with van der Waals surface area (Å²) < 4.78 is 7.52. The molecule has 0 fully saturated rings. The first-order valence-electron chi connectivity index (χ1n) is 6.81. The minimum atomic E-state index is 0.0196. The normalized spacial score (nSPS) is 11.0. The lowest BCUT2D eigenvalue weighted by molar-refractivity contribution is 0.271. The molecule has 0 atom stereocenters. The maximum atomic E-state index is 9.51. The van der Waals surface area contributed by atoms with Crippen LogP contribution in [0.4, 0.5) is 0 Å². The van der Waals surface area contributed by atoms with Crippen molar-refractivity contribution >= 4 is 11.6 Å². The third-order valence-electron chi connectivity index (χ3n) is 3.51. The van der Waals surface area contributed by atoms with Crippen molar-refractivity contribution in [2.75, 3.05) is 0 Å². The Kier molecular flexibility index (Phi) is 4.13. The Morgan fingerprint density at radius 3 is 2.43 bits per heavy atom. The lowest BCUT2D eigenvalue weighted by Gasteiger charge is -2.12. The predicted molar refractivity (Wildman–Crippen MR) is 82.4 cm³/mol. The van der Waals surface area contributed by atoms with Gasteiger partial charge in [0.05, 0.1) is 12.9 Å². The van der Waals surface area contributed by atoms with Crippen LogP contribution in [-0.4, -0.2) is 9.67 Å². The standard InChI is InChI=1S/C17H16ClNO2/c18-14-5-3-13(4-6-14)11-19-15(7-8-16(19)12-20)10-17-2-1-9-21-17/h1-9,20H,10-12H2. The number of benzene rings is 1. The van der Waals surface area contributed by atoms with E-state index < -0.39 is 0 Å². The summed E-state index contributed by atoms with van der Waals surface area (Å²) in [6.45, 7) is 0.724. The van der Waals surface area contributed by atoms with E-state index in [0.717, 1.165) is 27.7 Å². The first-order valence-corrected chi connectivity index (χ1v) is 7.19. The Balaban J connectivity index is 1.88. The first kappa shape index (κ1) is 14.0. The minimum Gasteiger partial charge on any atom is -0.469 e. The highest BCUT2D eigenvalue weighted by Crippen LogP contribution is 2.18. The van der Waals surface area contributed by atoms with E-state index in [1.807, 2.05) is 48.5 Å². The Bertz CT molecular complexity index is 699. The molecule has 0 bridgehead atoms. The van der Waals surface area contributed by atoms with Crippen molar-refractivity contribution in [3.63, 3.8) is 0 Å². The summed E-state index contributed by atoms with van der Waals surface area (Å²) in [5, 5.41) is 10.2. The molecule has 0 radical (unpaired) electrons. The number of rotatable bonds is 5. The maximum Gasteiger partial charge on any atom is 0.109 e. The van der Waals surface area contributed by atoms with E-state index in [1.165, 1.54) is 0 Å². The molecule has 0 saturated carbocycles. The van der Waals surface area contributed by atoms with Gasteiger partial charge < -0.3 is 14.1 Å². The van der Waals surface area contributed by atoms with E-state index >= 15 is 0 Å². The summed E-state index contributed by atoms with van der Waals surface area (Å²) in [5.41, 5.74) is 3.15. The molecule has 3 aromatic rings. The summed E-state index contributed by atoms with van der Waals surface area (Å²) in [6, 6.07) is 15.6. The van der Waals surface area contributed by atoms with Crippen LogP contribution in [0.3, 0.4) is 0 Å². The lowest BCUT2D eigenvalue weighted by Crippen LogP contribution is -2.08. The van der Waals surface area contributed by atoms with Crippen LogP contribution in [0.15, 0.2) is 59.2 Å². The summed E-state index contributed by atoms with van der Waals surface area (Å²) in [5.74, 6) is 0.912. The third-order valence-corrected chi connectivity index (χ3v) is 3.76. The molecule has 3 nitrogen and oxygen atoms in total. The topological polar surface area (TPSA) is 38.3 Å².